The monoisotopic (exact) mass is 271 g/mol. The van der Waals surface area contributed by atoms with Crippen molar-refractivity contribution >= 4 is 0 Å². The molecule has 0 saturated heterocycles. The number of hydrogen-bond acceptors (Lipinski definition) is 5. The summed E-state index contributed by atoms with van der Waals surface area (Å²) in [5.41, 5.74) is 2.42. The molecule has 0 aliphatic rings. The summed E-state index contributed by atoms with van der Waals surface area (Å²) in [5.74, 6) is 0. The second kappa shape index (κ2) is 9.91. The summed E-state index contributed by atoms with van der Waals surface area (Å²) in [6.45, 7) is 6.79. The molecule has 0 unspecified atom stereocenters. The van der Waals surface area contributed by atoms with Gasteiger partial charge in [-0.15, -0.1) is 0 Å². The highest BCUT2D eigenvalue weighted by Gasteiger charge is 2.04. The maximum Gasteiger partial charge on any atom is 0.0701 e. The number of ether oxygens (including phenoxy) is 3. The van der Waals surface area contributed by atoms with Crippen LogP contribution in [0.15, 0.2) is 6.20 Å². The Labute approximate surface area is 115 Å². The quantitative estimate of drug-likeness (QED) is 0.597. The van der Waals surface area contributed by atoms with E-state index in [2.05, 4.69) is 17.3 Å². The van der Waals surface area contributed by atoms with Gasteiger partial charge in [-0.2, -0.15) is 5.10 Å². The summed E-state index contributed by atoms with van der Waals surface area (Å²) in [6, 6.07) is 0. The molecule has 0 aliphatic heterocycles. The van der Waals surface area contributed by atoms with Gasteiger partial charge in [0.2, 0.25) is 0 Å². The molecule has 6 heteroatoms. The minimum absolute atomic E-state index is 0.604. The van der Waals surface area contributed by atoms with E-state index >= 15 is 0 Å². The summed E-state index contributed by atoms with van der Waals surface area (Å²) in [4.78, 5) is 0. The van der Waals surface area contributed by atoms with Crippen LogP contribution >= 0.6 is 0 Å². The number of methoxy groups -OCH3 is 1. The summed E-state index contributed by atoms with van der Waals surface area (Å²) in [6.07, 6.45) is 1.90. The highest BCUT2D eigenvalue weighted by atomic mass is 16.5. The largest absolute Gasteiger partial charge is 0.382 e. The Morgan fingerprint density at radius 1 is 1.16 bits per heavy atom. The van der Waals surface area contributed by atoms with E-state index in [1.165, 1.54) is 11.3 Å². The molecule has 1 rings (SSSR count). The molecule has 0 atom stereocenters. The lowest BCUT2D eigenvalue weighted by Crippen LogP contribution is -2.13. The van der Waals surface area contributed by atoms with Gasteiger partial charge in [0.25, 0.3) is 0 Å². The van der Waals surface area contributed by atoms with Crippen molar-refractivity contribution in [1.82, 2.24) is 15.1 Å². The van der Waals surface area contributed by atoms with Gasteiger partial charge in [-0.3, -0.25) is 4.68 Å². The van der Waals surface area contributed by atoms with E-state index in [4.69, 9.17) is 14.2 Å². The Balaban J connectivity index is 2.09. The van der Waals surface area contributed by atoms with Crippen molar-refractivity contribution < 1.29 is 14.2 Å². The van der Waals surface area contributed by atoms with Gasteiger partial charge < -0.3 is 19.5 Å². The van der Waals surface area contributed by atoms with E-state index in [0.29, 0.717) is 33.0 Å². The van der Waals surface area contributed by atoms with E-state index in [-0.39, 0.29) is 0 Å². The molecule has 6 nitrogen and oxygen atoms in total. The Hall–Kier alpha value is -0.950. The number of nitrogens with one attached hydrogen (secondary N) is 1. The molecule has 0 radical (unpaired) electrons. The molecule has 110 valence electrons. The van der Waals surface area contributed by atoms with Gasteiger partial charge >= 0.3 is 0 Å². The Morgan fingerprint density at radius 3 is 2.53 bits per heavy atom. The molecular formula is C13H25N3O3. The summed E-state index contributed by atoms with van der Waals surface area (Å²) in [7, 11) is 3.60. The topological polar surface area (TPSA) is 57.5 Å². The lowest BCUT2D eigenvalue weighted by molar-refractivity contribution is 0.0224. The van der Waals surface area contributed by atoms with E-state index in [1.54, 1.807) is 7.11 Å². The SMILES string of the molecule is CNCc1cnn(CCOCCOCCOC)c1C. The van der Waals surface area contributed by atoms with Gasteiger partial charge in [-0.1, -0.05) is 0 Å². The molecule has 0 fully saturated rings. The molecule has 0 saturated carbocycles. The molecule has 0 amide bonds. The van der Waals surface area contributed by atoms with Crippen LogP contribution in [0.2, 0.25) is 0 Å². The van der Waals surface area contributed by atoms with Crippen LogP contribution in [0.1, 0.15) is 11.3 Å². The highest BCUT2D eigenvalue weighted by molar-refractivity contribution is 5.15. The third-order valence-corrected chi connectivity index (χ3v) is 2.82. The van der Waals surface area contributed by atoms with Crippen LogP contribution in [0.3, 0.4) is 0 Å². The van der Waals surface area contributed by atoms with Crippen LogP contribution in [-0.2, 0) is 27.3 Å². The molecule has 1 aromatic rings. The maximum absolute atomic E-state index is 5.50. The van der Waals surface area contributed by atoms with E-state index < -0.39 is 0 Å². The highest BCUT2D eigenvalue weighted by Crippen LogP contribution is 2.06. The van der Waals surface area contributed by atoms with Gasteiger partial charge in [-0.05, 0) is 14.0 Å². The third-order valence-electron chi connectivity index (χ3n) is 2.82. The predicted molar refractivity (Wildman–Crippen MR) is 73.2 cm³/mol. The van der Waals surface area contributed by atoms with E-state index in [1.807, 2.05) is 17.9 Å². The first kappa shape index (κ1) is 16.1. The lowest BCUT2D eigenvalue weighted by Gasteiger charge is -2.07. The zero-order valence-electron chi connectivity index (χ0n) is 12.1. The zero-order chi connectivity index (χ0) is 13.9. The van der Waals surface area contributed by atoms with Crippen LogP contribution in [0.5, 0.6) is 0 Å². The van der Waals surface area contributed by atoms with Crippen molar-refractivity contribution in [2.75, 3.05) is 47.2 Å². The van der Waals surface area contributed by atoms with Crippen LogP contribution in [0.4, 0.5) is 0 Å². The van der Waals surface area contributed by atoms with Crippen molar-refractivity contribution in [3.63, 3.8) is 0 Å². The summed E-state index contributed by atoms with van der Waals surface area (Å²) >= 11 is 0. The molecule has 0 aromatic carbocycles. The van der Waals surface area contributed by atoms with Crippen molar-refractivity contribution in [1.29, 1.82) is 0 Å². The second-order valence-electron chi connectivity index (χ2n) is 4.23. The van der Waals surface area contributed by atoms with Crippen molar-refractivity contribution in [3.05, 3.63) is 17.5 Å². The molecule has 1 N–H and O–H groups in total. The summed E-state index contributed by atoms with van der Waals surface area (Å²) < 4.78 is 17.7. The van der Waals surface area contributed by atoms with Gasteiger partial charge in [0.05, 0.1) is 45.8 Å². The van der Waals surface area contributed by atoms with E-state index in [9.17, 15) is 0 Å². The smallest absolute Gasteiger partial charge is 0.0701 e. The first-order valence-electron chi connectivity index (χ1n) is 6.60. The third kappa shape index (κ3) is 6.15. The molecular weight excluding hydrogens is 246 g/mol. The van der Waals surface area contributed by atoms with Crippen LogP contribution < -0.4 is 5.32 Å². The Kier molecular flexibility index (Phi) is 8.40. The Morgan fingerprint density at radius 2 is 1.84 bits per heavy atom. The van der Waals surface area contributed by atoms with Crippen molar-refractivity contribution in [3.8, 4) is 0 Å². The molecule has 19 heavy (non-hydrogen) atoms. The van der Waals surface area contributed by atoms with Gasteiger partial charge in [0.1, 0.15) is 0 Å². The first-order chi connectivity index (χ1) is 9.29. The average Bonchev–Trinajstić information content (AvgIpc) is 2.75. The standard InChI is InChI=1S/C13H25N3O3/c1-12-13(10-14-2)11-15-16(12)4-5-18-8-9-19-7-6-17-3/h11,14H,4-10H2,1-3H3. The van der Waals surface area contributed by atoms with Crippen LogP contribution in [-0.4, -0.2) is 57.0 Å². The summed E-state index contributed by atoms with van der Waals surface area (Å²) in [5, 5.41) is 7.47. The van der Waals surface area contributed by atoms with Crippen molar-refractivity contribution in [2.45, 2.75) is 20.0 Å². The van der Waals surface area contributed by atoms with Gasteiger partial charge in [0.15, 0.2) is 0 Å². The molecule has 0 spiro atoms. The minimum atomic E-state index is 0.604. The molecule has 1 heterocycles. The maximum atomic E-state index is 5.50. The lowest BCUT2D eigenvalue weighted by atomic mass is 10.2. The van der Waals surface area contributed by atoms with Crippen LogP contribution in [0, 0.1) is 6.92 Å². The molecule has 0 aliphatic carbocycles. The number of rotatable bonds is 11. The predicted octanol–water partition coefficient (Wildman–Crippen LogP) is 0.591. The number of nitrogens with zero attached hydrogens (tertiary/aromatic N) is 2. The van der Waals surface area contributed by atoms with Crippen molar-refractivity contribution in [2.24, 2.45) is 0 Å². The fraction of sp³-hybridized carbons (Fsp3) is 0.769. The molecule has 1 aromatic heterocycles. The fourth-order valence-electron chi connectivity index (χ4n) is 1.69. The minimum Gasteiger partial charge on any atom is -0.382 e. The fourth-order valence-corrected chi connectivity index (χ4v) is 1.69. The average molecular weight is 271 g/mol. The van der Waals surface area contributed by atoms with Crippen LogP contribution in [0.25, 0.3) is 0 Å². The first-order valence-corrected chi connectivity index (χ1v) is 6.60. The number of aromatic nitrogens is 2. The molecule has 0 bridgehead atoms. The number of hydrogen-bond donors (Lipinski definition) is 1. The second-order valence-corrected chi connectivity index (χ2v) is 4.23. The normalized spacial score (nSPS) is 11.1. The Bertz CT molecular complexity index is 342. The van der Waals surface area contributed by atoms with Gasteiger partial charge in [0, 0.05) is 24.9 Å². The van der Waals surface area contributed by atoms with Gasteiger partial charge in [-0.25, -0.2) is 0 Å². The van der Waals surface area contributed by atoms with E-state index in [0.717, 1.165) is 13.1 Å². The zero-order valence-corrected chi connectivity index (χ0v) is 12.1.